The molecule has 1 amide bonds. The predicted molar refractivity (Wildman–Crippen MR) is 71.7 cm³/mol. The normalized spacial score (nSPS) is 19.5. The van der Waals surface area contributed by atoms with E-state index in [1.807, 2.05) is 0 Å². The van der Waals surface area contributed by atoms with Crippen molar-refractivity contribution in [2.75, 3.05) is 6.54 Å². The number of carbonyl (C=O) groups excluding carboxylic acids is 1. The highest BCUT2D eigenvalue weighted by atomic mass is 35.5. The third-order valence-corrected chi connectivity index (χ3v) is 4.23. The van der Waals surface area contributed by atoms with Crippen LogP contribution in [0.2, 0.25) is 10.2 Å². The van der Waals surface area contributed by atoms with Crippen molar-refractivity contribution in [1.82, 2.24) is 9.47 Å². The maximum absolute atomic E-state index is 12.4. The zero-order valence-corrected chi connectivity index (χ0v) is 11.9. The van der Waals surface area contributed by atoms with Gasteiger partial charge >= 0.3 is 5.97 Å². The quantitative estimate of drug-likeness (QED) is 0.912. The van der Waals surface area contributed by atoms with Gasteiger partial charge in [-0.15, -0.1) is 0 Å². The Morgan fingerprint density at radius 2 is 2.05 bits per heavy atom. The first kappa shape index (κ1) is 14.2. The number of amides is 1. The van der Waals surface area contributed by atoms with Gasteiger partial charge in [0.15, 0.2) is 0 Å². The number of aliphatic carboxylic acids is 1. The zero-order valence-electron chi connectivity index (χ0n) is 10.4. The number of carbonyl (C=O) groups is 2. The summed E-state index contributed by atoms with van der Waals surface area (Å²) in [6, 6.07) is 0.702. The molecule has 0 saturated carbocycles. The number of halogens is 2. The predicted octanol–water partition coefficient (Wildman–Crippen LogP) is 2.41. The maximum atomic E-state index is 12.4. The Morgan fingerprint density at radius 3 is 2.58 bits per heavy atom. The molecule has 1 aromatic heterocycles. The van der Waals surface area contributed by atoms with Crippen molar-refractivity contribution in [1.29, 1.82) is 0 Å². The van der Waals surface area contributed by atoms with Gasteiger partial charge in [0.05, 0.1) is 5.02 Å². The van der Waals surface area contributed by atoms with Gasteiger partial charge in [0.1, 0.15) is 16.9 Å². The Kier molecular flexibility index (Phi) is 4.06. The highest BCUT2D eigenvalue weighted by Crippen LogP contribution is 2.27. The summed E-state index contributed by atoms with van der Waals surface area (Å²) in [5.41, 5.74) is 0.308. The molecule has 0 spiro atoms. The third kappa shape index (κ3) is 2.58. The van der Waals surface area contributed by atoms with E-state index in [0.29, 0.717) is 18.7 Å². The van der Waals surface area contributed by atoms with E-state index >= 15 is 0 Å². The molecular formula is C12H14Cl2N2O3. The molecule has 19 heavy (non-hydrogen) atoms. The van der Waals surface area contributed by atoms with Crippen LogP contribution >= 0.6 is 23.2 Å². The third-order valence-electron chi connectivity index (χ3n) is 3.38. The van der Waals surface area contributed by atoms with Gasteiger partial charge in [0.25, 0.3) is 5.91 Å². The fourth-order valence-electron chi connectivity index (χ4n) is 2.33. The number of piperidine rings is 1. The average molecular weight is 305 g/mol. The minimum Gasteiger partial charge on any atom is -0.480 e. The van der Waals surface area contributed by atoms with E-state index in [1.165, 1.54) is 15.5 Å². The van der Waals surface area contributed by atoms with Gasteiger partial charge in [-0.1, -0.05) is 23.2 Å². The van der Waals surface area contributed by atoms with Gasteiger partial charge in [-0.3, -0.25) is 4.79 Å². The molecule has 0 aromatic carbocycles. The van der Waals surface area contributed by atoms with Gasteiger partial charge < -0.3 is 14.6 Å². The second kappa shape index (κ2) is 5.43. The van der Waals surface area contributed by atoms with Crippen molar-refractivity contribution < 1.29 is 14.7 Å². The van der Waals surface area contributed by atoms with E-state index in [-0.39, 0.29) is 16.1 Å². The molecule has 1 atom stereocenters. The van der Waals surface area contributed by atoms with Gasteiger partial charge in [0.2, 0.25) is 0 Å². The molecule has 1 N–H and O–H groups in total. The summed E-state index contributed by atoms with van der Waals surface area (Å²) in [5, 5.41) is 9.74. The maximum Gasteiger partial charge on any atom is 0.326 e. The number of carboxylic acids is 1. The second-order valence-electron chi connectivity index (χ2n) is 4.58. The minimum absolute atomic E-state index is 0.272. The summed E-state index contributed by atoms with van der Waals surface area (Å²) in [5.74, 6) is -1.32. The number of hydrogen-bond acceptors (Lipinski definition) is 2. The summed E-state index contributed by atoms with van der Waals surface area (Å²) in [6.07, 6.45) is 2.10. The van der Waals surface area contributed by atoms with Gasteiger partial charge in [-0.05, 0) is 25.3 Å². The fraction of sp³-hybridized carbons (Fsp3) is 0.500. The van der Waals surface area contributed by atoms with E-state index in [4.69, 9.17) is 23.2 Å². The number of rotatable bonds is 2. The summed E-state index contributed by atoms with van der Waals surface area (Å²) < 4.78 is 1.47. The first-order chi connectivity index (χ1) is 8.93. The molecule has 2 heterocycles. The van der Waals surface area contributed by atoms with Gasteiger partial charge in [0, 0.05) is 13.6 Å². The number of aromatic nitrogens is 1. The molecular weight excluding hydrogens is 291 g/mol. The lowest BCUT2D eigenvalue weighted by Gasteiger charge is -2.32. The summed E-state index contributed by atoms with van der Waals surface area (Å²) in [6.45, 7) is 0.441. The molecule has 5 nitrogen and oxygen atoms in total. The largest absolute Gasteiger partial charge is 0.480 e. The molecule has 7 heteroatoms. The molecule has 1 saturated heterocycles. The van der Waals surface area contributed by atoms with E-state index in [9.17, 15) is 14.7 Å². The number of nitrogens with zero attached hydrogens (tertiary/aromatic N) is 2. The molecule has 1 aliphatic heterocycles. The Balaban J connectivity index is 2.31. The van der Waals surface area contributed by atoms with Crippen LogP contribution in [0, 0.1) is 0 Å². The van der Waals surface area contributed by atoms with Gasteiger partial charge in [-0.2, -0.15) is 0 Å². The van der Waals surface area contributed by atoms with E-state index in [0.717, 1.165) is 12.8 Å². The van der Waals surface area contributed by atoms with Crippen LogP contribution in [0.4, 0.5) is 0 Å². The Labute approximate surface area is 120 Å². The van der Waals surface area contributed by atoms with Crippen molar-refractivity contribution >= 4 is 35.1 Å². The molecule has 0 bridgehead atoms. The van der Waals surface area contributed by atoms with Gasteiger partial charge in [-0.25, -0.2) is 4.79 Å². The fourth-order valence-corrected chi connectivity index (χ4v) is 2.70. The minimum atomic E-state index is -0.973. The Bertz CT molecular complexity index is 527. The summed E-state index contributed by atoms with van der Waals surface area (Å²) in [7, 11) is 1.63. The van der Waals surface area contributed by atoms with Crippen molar-refractivity contribution in [3.05, 3.63) is 21.9 Å². The highest BCUT2D eigenvalue weighted by molar-refractivity contribution is 6.41. The molecule has 2 rings (SSSR count). The van der Waals surface area contributed by atoms with Crippen LogP contribution in [0.25, 0.3) is 0 Å². The molecule has 0 unspecified atom stereocenters. The topological polar surface area (TPSA) is 62.5 Å². The van der Waals surface area contributed by atoms with Crippen LogP contribution in [0.15, 0.2) is 6.07 Å². The number of hydrogen-bond donors (Lipinski definition) is 1. The smallest absolute Gasteiger partial charge is 0.326 e. The van der Waals surface area contributed by atoms with E-state index < -0.39 is 12.0 Å². The standard InChI is InChI=1S/C12H14Cl2N2O3/c1-15-9(6-7(13)10(15)14)11(17)16-5-3-2-4-8(16)12(18)19/h6,8H,2-5H2,1H3,(H,18,19)/t8-/m1/s1. The Hall–Kier alpha value is -1.20. The van der Waals surface area contributed by atoms with Crippen LogP contribution in [-0.4, -0.2) is 39.0 Å². The first-order valence-corrected chi connectivity index (χ1v) is 6.73. The van der Waals surface area contributed by atoms with Crippen molar-refractivity contribution in [2.24, 2.45) is 7.05 Å². The van der Waals surface area contributed by atoms with Crippen LogP contribution in [-0.2, 0) is 11.8 Å². The summed E-state index contributed by atoms with van der Waals surface area (Å²) in [4.78, 5) is 25.0. The van der Waals surface area contributed by atoms with Crippen molar-refractivity contribution in [2.45, 2.75) is 25.3 Å². The van der Waals surface area contributed by atoms with Crippen molar-refractivity contribution in [3.63, 3.8) is 0 Å². The molecule has 0 aliphatic carbocycles. The second-order valence-corrected chi connectivity index (χ2v) is 5.34. The SMILES string of the molecule is Cn1c(C(=O)N2CCCC[C@@H]2C(=O)O)cc(Cl)c1Cl. The summed E-state index contributed by atoms with van der Waals surface area (Å²) >= 11 is 11.8. The lowest BCUT2D eigenvalue weighted by atomic mass is 10.0. The number of carboxylic acid groups (broad SMARTS) is 1. The monoisotopic (exact) mass is 304 g/mol. The van der Waals surface area contributed by atoms with E-state index in [2.05, 4.69) is 0 Å². The lowest BCUT2D eigenvalue weighted by molar-refractivity contribution is -0.143. The highest BCUT2D eigenvalue weighted by Gasteiger charge is 2.33. The van der Waals surface area contributed by atoms with Crippen LogP contribution < -0.4 is 0 Å². The molecule has 104 valence electrons. The van der Waals surface area contributed by atoms with E-state index in [1.54, 1.807) is 7.05 Å². The zero-order chi connectivity index (χ0) is 14.2. The molecule has 1 fully saturated rings. The molecule has 1 aromatic rings. The average Bonchev–Trinajstić information content (AvgIpc) is 2.65. The Morgan fingerprint density at radius 1 is 1.37 bits per heavy atom. The molecule has 1 aliphatic rings. The van der Waals surface area contributed by atoms with Crippen LogP contribution in [0.3, 0.4) is 0 Å². The molecule has 0 radical (unpaired) electrons. The number of likely N-dealkylation sites (tertiary alicyclic amines) is 1. The van der Waals surface area contributed by atoms with Crippen molar-refractivity contribution in [3.8, 4) is 0 Å². The lowest BCUT2D eigenvalue weighted by Crippen LogP contribution is -2.48. The van der Waals surface area contributed by atoms with Crippen LogP contribution in [0.1, 0.15) is 29.8 Å². The van der Waals surface area contributed by atoms with Crippen LogP contribution in [0.5, 0.6) is 0 Å². The first-order valence-electron chi connectivity index (χ1n) is 5.98.